The van der Waals surface area contributed by atoms with Crippen molar-refractivity contribution in [3.05, 3.63) is 35.0 Å². The van der Waals surface area contributed by atoms with Gasteiger partial charge in [0.1, 0.15) is 5.69 Å². The van der Waals surface area contributed by atoms with E-state index in [1.54, 1.807) is 36.1 Å². The first-order valence-electron chi connectivity index (χ1n) is 5.94. The van der Waals surface area contributed by atoms with Crippen LogP contribution in [0.2, 0.25) is 5.02 Å². The number of rotatable bonds is 5. The molecule has 0 saturated heterocycles. The van der Waals surface area contributed by atoms with Crippen LogP contribution in [-0.4, -0.2) is 41.8 Å². The number of methoxy groups -OCH3 is 2. The maximum absolute atomic E-state index is 11.8. The summed E-state index contributed by atoms with van der Waals surface area (Å²) >= 11 is 5.88. The van der Waals surface area contributed by atoms with E-state index in [1.165, 1.54) is 7.11 Å². The molecule has 0 aliphatic carbocycles. The molecule has 0 aliphatic heterocycles. The van der Waals surface area contributed by atoms with E-state index in [9.17, 15) is 4.79 Å². The standard InChI is InChI=1S/C13H14ClN3O3/c1-19-8-7-17-12(9-3-5-10(14)6-4-9)11(15-16-17)13(18)20-2/h3-6H,7-8H2,1-2H3. The van der Waals surface area contributed by atoms with Crippen LogP contribution in [0.25, 0.3) is 11.3 Å². The number of hydrogen-bond donors (Lipinski definition) is 0. The largest absolute Gasteiger partial charge is 0.464 e. The Bertz CT molecular complexity index is 595. The van der Waals surface area contributed by atoms with Gasteiger partial charge in [-0.1, -0.05) is 28.9 Å². The third kappa shape index (κ3) is 2.97. The van der Waals surface area contributed by atoms with Crippen molar-refractivity contribution in [2.45, 2.75) is 6.54 Å². The highest BCUT2D eigenvalue weighted by Crippen LogP contribution is 2.24. The molecule has 0 saturated carbocycles. The highest BCUT2D eigenvalue weighted by atomic mass is 35.5. The molecule has 1 aromatic carbocycles. The zero-order valence-electron chi connectivity index (χ0n) is 11.2. The van der Waals surface area contributed by atoms with Gasteiger partial charge in [-0.15, -0.1) is 5.10 Å². The first kappa shape index (κ1) is 14.5. The molecule has 7 heteroatoms. The number of carbonyl (C=O) groups excluding carboxylic acids is 1. The zero-order chi connectivity index (χ0) is 14.5. The fourth-order valence-electron chi connectivity index (χ4n) is 1.77. The third-order valence-electron chi connectivity index (χ3n) is 2.74. The summed E-state index contributed by atoms with van der Waals surface area (Å²) in [5.41, 5.74) is 1.55. The lowest BCUT2D eigenvalue weighted by atomic mass is 10.1. The smallest absolute Gasteiger partial charge is 0.360 e. The van der Waals surface area contributed by atoms with Gasteiger partial charge in [-0.3, -0.25) is 0 Å². The van der Waals surface area contributed by atoms with Crippen LogP contribution in [0.1, 0.15) is 10.5 Å². The number of esters is 1. The minimum atomic E-state index is -0.529. The molecule has 0 aliphatic rings. The Morgan fingerprint density at radius 2 is 2.00 bits per heavy atom. The molecular formula is C13H14ClN3O3. The molecule has 2 rings (SSSR count). The van der Waals surface area contributed by atoms with Crippen molar-refractivity contribution in [2.24, 2.45) is 0 Å². The van der Waals surface area contributed by atoms with Gasteiger partial charge in [0.05, 0.1) is 20.3 Å². The number of halogens is 1. The van der Waals surface area contributed by atoms with E-state index < -0.39 is 5.97 Å². The summed E-state index contributed by atoms with van der Waals surface area (Å²) in [5.74, 6) is -0.529. The number of nitrogens with zero attached hydrogens (tertiary/aromatic N) is 3. The summed E-state index contributed by atoms with van der Waals surface area (Å²) < 4.78 is 11.4. The SMILES string of the molecule is COCCn1nnc(C(=O)OC)c1-c1ccc(Cl)cc1. The Morgan fingerprint density at radius 3 is 2.60 bits per heavy atom. The van der Waals surface area contributed by atoms with Crippen LogP contribution < -0.4 is 0 Å². The number of ether oxygens (including phenoxy) is 2. The van der Waals surface area contributed by atoms with Gasteiger partial charge in [-0.25, -0.2) is 9.48 Å². The average Bonchev–Trinajstić information content (AvgIpc) is 2.89. The zero-order valence-corrected chi connectivity index (χ0v) is 11.9. The number of aromatic nitrogens is 3. The van der Waals surface area contributed by atoms with Crippen molar-refractivity contribution in [1.29, 1.82) is 0 Å². The average molecular weight is 296 g/mol. The van der Waals surface area contributed by atoms with Crippen molar-refractivity contribution in [3.8, 4) is 11.3 Å². The van der Waals surface area contributed by atoms with E-state index in [2.05, 4.69) is 10.3 Å². The van der Waals surface area contributed by atoms with Gasteiger partial charge in [0, 0.05) is 17.7 Å². The molecule has 1 aromatic heterocycles. The van der Waals surface area contributed by atoms with Crippen LogP contribution >= 0.6 is 11.6 Å². The Hall–Kier alpha value is -1.92. The van der Waals surface area contributed by atoms with Gasteiger partial charge in [0.2, 0.25) is 0 Å². The second-order valence-electron chi connectivity index (χ2n) is 4.00. The highest BCUT2D eigenvalue weighted by Gasteiger charge is 2.21. The second-order valence-corrected chi connectivity index (χ2v) is 4.44. The number of carbonyl (C=O) groups is 1. The monoisotopic (exact) mass is 295 g/mol. The topological polar surface area (TPSA) is 66.2 Å². The molecule has 0 N–H and O–H groups in total. The van der Waals surface area contributed by atoms with E-state index in [0.717, 1.165) is 5.56 Å². The minimum absolute atomic E-state index is 0.172. The van der Waals surface area contributed by atoms with Crippen LogP contribution in [0.4, 0.5) is 0 Å². The van der Waals surface area contributed by atoms with Crippen LogP contribution in [0, 0.1) is 0 Å². The molecule has 1 heterocycles. The van der Waals surface area contributed by atoms with E-state index in [0.29, 0.717) is 23.9 Å². The number of hydrogen-bond acceptors (Lipinski definition) is 5. The summed E-state index contributed by atoms with van der Waals surface area (Å²) in [6.07, 6.45) is 0. The van der Waals surface area contributed by atoms with Crippen molar-refractivity contribution in [1.82, 2.24) is 15.0 Å². The van der Waals surface area contributed by atoms with E-state index in [4.69, 9.17) is 21.1 Å². The molecule has 0 bridgehead atoms. The third-order valence-corrected chi connectivity index (χ3v) is 2.99. The van der Waals surface area contributed by atoms with Gasteiger partial charge in [0.25, 0.3) is 0 Å². The minimum Gasteiger partial charge on any atom is -0.464 e. The Kier molecular flexibility index (Phi) is 4.70. The maximum atomic E-state index is 11.8. The van der Waals surface area contributed by atoms with Crippen LogP contribution in [0.5, 0.6) is 0 Å². The molecule has 20 heavy (non-hydrogen) atoms. The van der Waals surface area contributed by atoms with Crippen molar-refractivity contribution < 1.29 is 14.3 Å². The molecule has 0 amide bonds. The van der Waals surface area contributed by atoms with Gasteiger partial charge < -0.3 is 9.47 Å². The fourth-order valence-corrected chi connectivity index (χ4v) is 1.90. The molecule has 2 aromatic rings. The molecule has 0 spiro atoms. The predicted octanol–water partition coefficient (Wildman–Crippen LogP) is 2.03. The lowest BCUT2D eigenvalue weighted by Gasteiger charge is -2.07. The van der Waals surface area contributed by atoms with Crippen molar-refractivity contribution >= 4 is 17.6 Å². The van der Waals surface area contributed by atoms with E-state index in [1.807, 2.05) is 0 Å². The first-order valence-corrected chi connectivity index (χ1v) is 6.32. The Balaban J connectivity index is 2.48. The predicted molar refractivity (Wildman–Crippen MR) is 73.7 cm³/mol. The van der Waals surface area contributed by atoms with Crippen LogP contribution in [0.3, 0.4) is 0 Å². The van der Waals surface area contributed by atoms with Gasteiger partial charge >= 0.3 is 5.97 Å². The quantitative estimate of drug-likeness (QED) is 0.790. The maximum Gasteiger partial charge on any atom is 0.360 e. The summed E-state index contributed by atoms with van der Waals surface area (Å²) in [6, 6.07) is 7.09. The summed E-state index contributed by atoms with van der Waals surface area (Å²) in [7, 11) is 2.91. The lowest BCUT2D eigenvalue weighted by Crippen LogP contribution is -2.09. The first-order chi connectivity index (χ1) is 9.67. The molecule has 6 nitrogen and oxygen atoms in total. The van der Waals surface area contributed by atoms with Gasteiger partial charge in [-0.05, 0) is 12.1 Å². The Morgan fingerprint density at radius 1 is 1.30 bits per heavy atom. The van der Waals surface area contributed by atoms with Crippen LogP contribution in [0.15, 0.2) is 24.3 Å². The fraction of sp³-hybridized carbons (Fsp3) is 0.308. The molecule has 0 atom stereocenters. The van der Waals surface area contributed by atoms with Crippen molar-refractivity contribution in [2.75, 3.05) is 20.8 Å². The van der Waals surface area contributed by atoms with Crippen LogP contribution in [-0.2, 0) is 16.0 Å². The summed E-state index contributed by atoms with van der Waals surface area (Å²) in [6.45, 7) is 0.947. The highest BCUT2D eigenvalue weighted by molar-refractivity contribution is 6.30. The van der Waals surface area contributed by atoms with E-state index in [-0.39, 0.29) is 5.69 Å². The normalized spacial score (nSPS) is 10.6. The lowest BCUT2D eigenvalue weighted by molar-refractivity contribution is 0.0595. The molecule has 106 valence electrons. The molecule has 0 fully saturated rings. The van der Waals surface area contributed by atoms with Gasteiger partial charge in [-0.2, -0.15) is 0 Å². The molecule has 0 unspecified atom stereocenters. The van der Waals surface area contributed by atoms with Crippen molar-refractivity contribution in [3.63, 3.8) is 0 Å². The molecule has 0 radical (unpaired) electrons. The Labute approximate surface area is 121 Å². The summed E-state index contributed by atoms with van der Waals surface area (Å²) in [5, 5.41) is 8.48. The number of benzene rings is 1. The second kappa shape index (κ2) is 6.49. The van der Waals surface area contributed by atoms with Gasteiger partial charge in [0.15, 0.2) is 5.69 Å². The summed E-state index contributed by atoms with van der Waals surface area (Å²) in [4.78, 5) is 11.8. The van der Waals surface area contributed by atoms with E-state index >= 15 is 0 Å². The molecular weight excluding hydrogens is 282 g/mol.